The smallest absolute Gasteiger partial charge is 0.408 e. The number of carbonyl (C=O) groups is 4. The molecule has 0 spiro atoms. The first-order valence-corrected chi connectivity index (χ1v) is 22.1. The van der Waals surface area contributed by atoms with E-state index in [2.05, 4.69) is 15.4 Å². The molecule has 16 nitrogen and oxygen atoms in total. The summed E-state index contributed by atoms with van der Waals surface area (Å²) in [7, 11) is -2.43. The van der Waals surface area contributed by atoms with Crippen molar-refractivity contribution in [2.75, 3.05) is 13.7 Å². The van der Waals surface area contributed by atoms with Crippen molar-refractivity contribution in [3.05, 3.63) is 60.4 Å². The van der Waals surface area contributed by atoms with Gasteiger partial charge in [-0.25, -0.2) is 22.6 Å². The number of ether oxygens (including phenoxy) is 3. The number of amides is 4. The number of carbonyl (C=O) groups excluding carboxylic acids is 4. The van der Waals surface area contributed by atoms with Gasteiger partial charge in [-0.2, -0.15) is 4.98 Å². The molecule has 8 rings (SSSR count). The molecule has 2 aliphatic heterocycles. The van der Waals surface area contributed by atoms with E-state index >= 15 is 0 Å². The van der Waals surface area contributed by atoms with Crippen LogP contribution in [-0.2, 0) is 29.1 Å². The molecule has 18 heteroatoms. The van der Waals surface area contributed by atoms with Crippen molar-refractivity contribution in [1.29, 1.82) is 0 Å². The highest BCUT2D eigenvalue weighted by Crippen LogP contribution is 2.46. The van der Waals surface area contributed by atoms with Crippen LogP contribution in [0.3, 0.4) is 0 Å². The van der Waals surface area contributed by atoms with Crippen LogP contribution in [0.25, 0.3) is 33.5 Å². The Kier molecular flexibility index (Phi) is 11.2. The van der Waals surface area contributed by atoms with Gasteiger partial charge in [0.05, 0.1) is 18.9 Å². The summed E-state index contributed by atoms with van der Waals surface area (Å²) < 4.78 is 66.3. The molecular weight excluding hydrogens is 812 g/mol. The molecular formula is C43H49FN6O10S. The molecule has 2 aliphatic carbocycles. The fourth-order valence-electron chi connectivity index (χ4n) is 8.02. The summed E-state index contributed by atoms with van der Waals surface area (Å²) in [6.45, 7) is 4.96. The Morgan fingerprint density at radius 1 is 1.05 bits per heavy atom. The Labute approximate surface area is 352 Å². The number of methoxy groups -OCH3 is 1. The number of rotatable bonds is 8. The number of sulfonamides is 1. The zero-order valence-electron chi connectivity index (χ0n) is 34.4. The molecule has 4 heterocycles. The Morgan fingerprint density at radius 2 is 1.85 bits per heavy atom. The molecule has 5 unspecified atom stereocenters. The largest absolute Gasteiger partial charge is 0.497 e. The second-order valence-corrected chi connectivity index (χ2v) is 19.2. The second-order valence-electron chi connectivity index (χ2n) is 17.2. The normalized spacial score (nSPS) is 25.4. The molecule has 3 fully saturated rings. The summed E-state index contributed by atoms with van der Waals surface area (Å²) in [4.78, 5) is 67.1. The maximum absolute atomic E-state index is 14.7. The molecule has 4 amide bonds. The van der Waals surface area contributed by atoms with Crippen LogP contribution in [-0.4, -0.2) is 95.3 Å². The van der Waals surface area contributed by atoms with Crippen molar-refractivity contribution in [2.24, 2.45) is 5.92 Å². The highest BCUT2D eigenvalue weighted by molar-refractivity contribution is 7.91. The first-order chi connectivity index (χ1) is 29.0. The number of benzene rings is 2. The number of alkyl carbamates (subject to hydrolysis) is 1. The third kappa shape index (κ3) is 8.99. The molecule has 5 atom stereocenters. The Bertz CT molecular complexity index is 2530. The van der Waals surface area contributed by atoms with E-state index in [-0.39, 0.29) is 48.6 Å². The minimum absolute atomic E-state index is 0.0306. The SMILES string of the molecule is COc1cccc(-c2nc(OC3CC4C(=O)NC5(C(=O)NS(=O)(=O)C6CC6)CC5/C=C\CCCCCC(NC(=O)OC(C)(C)C)C(=O)N4C3)c3oc4ccc(F)cc4c3n2)c1. The standard InChI is InChI=1S/C43H49FN6O10S/c1-42(2,3)60-41(54)45-31-14-9-7-5-6-8-12-25-22-43(25,40(53)49-61(55,56)29-16-17-29)48-37(51)32-21-28(23-50(32)39(31)52)58-38-35-34(30-20-26(44)15-18-33(30)59-35)46-36(47-38)24-11-10-13-27(19-24)57-4/h8,10-13,15,18-20,25,28-29,31-32H,5-7,9,14,16-17,21-23H2,1-4H3,(H,45,54)(H,48,51)(H,49,53)/b12-8-. The van der Waals surface area contributed by atoms with E-state index in [0.717, 1.165) is 6.42 Å². The van der Waals surface area contributed by atoms with E-state index in [1.54, 1.807) is 45.0 Å². The topological polar surface area (TPSA) is 208 Å². The first-order valence-electron chi connectivity index (χ1n) is 20.6. The molecule has 1 saturated heterocycles. The zero-order chi connectivity index (χ0) is 43.3. The monoisotopic (exact) mass is 860 g/mol. The minimum atomic E-state index is -3.95. The molecule has 61 heavy (non-hydrogen) atoms. The number of halogens is 1. The van der Waals surface area contributed by atoms with E-state index in [9.17, 15) is 32.0 Å². The van der Waals surface area contributed by atoms with Gasteiger partial charge >= 0.3 is 6.09 Å². The third-order valence-corrected chi connectivity index (χ3v) is 13.2. The summed E-state index contributed by atoms with van der Waals surface area (Å²) in [5.74, 6) is -2.40. The van der Waals surface area contributed by atoms with Crippen LogP contribution in [0, 0.1) is 11.7 Å². The van der Waals surface area contributed by atoms with E-state index in [1.165, 1.54) is 30.2 Å². The van der Waals surface area contributed by atoms with Gasteiger partial charge in [0.2, 0.25) is 27.4 Å². The van der Waals surface area contributed by atoms with Gasteiger partial charge < -0.3 is 34.2 Å². The van der Waals surface area contributed by atoms with Gasteiger partial charge in [-0.15, -0.1) is 0 Å². The Morgan fingerprint density at radius 3 is 2.61 bits per heavy atom. The van der Waals surface area contributed by atoms with Crippen molar-refractivity contribution in [1.82, 2.24) is 30.2 Å². The number of aromatic nitrogens is 2. The molecule has 4 aromatic rings. The van der Waals surface area contributed by atoms with E-state index in [1.807, 2.05) is 12.2 Å². The van der Waals surface area contributed by atoms with Crippen molar-refractivity contribution in [3.63, 3.8) is 0 Å². The van der Waals surface area contributed by atoms with Crippen LogP contribution in [0.1, 0.15) is 78.6 Å². The quantitative estimate of drug-likeness (QED) is 0.190. The van der Waals surface area contributed by atoms with Gasteiger partial charge in [0.1, 0.15) is 52.0 Å². The number of allylic oxidation sites excluding steroid dienone is 1. The average Bonchev–Trinajstić information content (AvgIpc) is 4.11. The third-order valence-electron chi connectivity index (χ3n) is 11.4. The Hall–Kier alpha value is -5.78. The highest BCUT2D eigenvalue weighted by Gasteiger charge is 2.62. The fraction of sp³-hybridized carbons (Fsp3) is 0.488. The van der Waals surface area contributed by atoms with Crippen LogP contribution in [0.15, 0.2) is 59.0 Å². The lowest BCUT2D eigenvalue weighted by molar-refractivity contribution is -0.141. The maximum Gasteiger partial charge on any atom is 0.408 e. The summed E-state index contributed by atoms with van der Waals surface area (Å²) in [6.07, 6.45) is 5.92. The number of hydrogen-bond donors (Lipinski definition) is 3. The molecule has 2 aromatic carbocycles. The molecule has 0 radical (unpaired) electrons. The molecule has 0 bridgehead atoms. The summed E-state index contributed by atoms with van der Waals surface area (Å²) in [6, 6.07) is 8.71. The Balaban J connectivity index is 1.16. The van der Waals surface area contributed by atoms with Gasteiger partial charge in [-0.3, -0.25) is 19.1 Å². The van der Waals surface area contributed by atoms with Crippen molar-refractivity contribution in [3.8, 4) is 23.0 Å². The summed E-state index contributed by atoms with van der Waals surface area (Å²) >= 11 is 0. The average molecular weight is 861 g/mol. The summed E-state index contributed by atoms with van der Waals surface area (Å²) in [5.41, 5.74) is -1.18. The van der Waals surface area contributed by atoms with E-state index < -0.39 is 80.2 Å². The van der Waals surface area contributed by atoms with Gasteiger partial charge in [0.15, 0.2) is 5.82 Å². The van der Waals surface area contributed by atoms with Crippen molar-refractivity contribution < 1.29 is 50.6 Å². The van der Waals surface area contributed by atoms with Gasteiger partial charge in [0, 0.05) is 23.3 Å². The van der Waals surface area contributed by atoms with Crippen LogP contribution < -0.4 is 24.8 Å². The second kappa shape index (κ2) is 16.2. The number of nitrogens with zero attached hydrogens (tertiary/aromatic N) is 3. The van der Waals surface area contributed by atoms with Crippen molar-refractivity contribution >= 4 is 55.9 Å². The lowest BCUT2D eigenvalue weighted by Crippen LogP contribution is -2.58. The van der Waals surface area contributed by atoms with E-state index in [0.29, 0.717) is 54.4 Å². The van der Waals surface area contributed by atoms with Gasteiger partial charge in [-0.1, -0.05) is 37.1 Å². The molecule has 2 saturated carbocycles. The number of fused-ring (bicyclic) bond motifs is 5. The summed E-state index contributed by atoms with van der Waals surface area (Å²) in [5, 5.41) is 5.29. The number of hydrogen-bond acceptors (Lipinski definition) is 12. The number of furan rings is 1. The lowest BCUT2D eigenvalue weighted by atomic mass is 10.0. The molecule has 2 aromatic heterocycles. The molecule has 4 aliphatic rings. The van der Waals surface area contributed by atoms with Crippen LogP contribution in [0.4, 0.5) is 9.18 Å². The molecule has 3 N–H and O–H groups in total. The minimum Gasteiger partial charge on any atom is -0.497 e. The first kappa shape index (κ1) is 41.9. The lowest BCUT2D eigenvalue weighted by Gasteiger charge is -2.30. The predicted molar refractivity (Wildman–Crippen MR) is 220 cm³/mol. The van der Waals surface area contributed by atoms with Gasteiger partial charge in [0.25, 0.3) is 11.8 Å². The number of nitrogens with one attached hydrogen (secondary N) is 3. The predicted octanol–water partition coefficient (Wildman–Crippen LogP) is 5.44. The van der Waals surface area contributed by atoms with E-state index in [4.69, 9.17) is 28.6 Å². The maximum atomic E-state index is 14.7. The van der Waals surface area contributed by atoms with Gasteiger partial charge in [-0.05, 0) is 89.6 Å². The highest BCUT2D eigenvalue weighted by atomic mass is 32.2. The van der Waals surface area contributed by atoms with Crippen molar-refractivity contribution in [2.45, 2.75) is 113 Å². The zero-order valence-corrected chi connectivity index (χ0v) is 35.2. The van der Waals surface area contributed by atoms with Crippen LogP contribution in [0.5, 0.6) is 11.6 Å². The van der Waals surface area contributed by atoms with Crippen LogP contribution in [0.2, 0.25) is 0 Å². The van der Waals surface area contributed by atoms with Crippen LogP contribution >= 0.6 is 0 Å². The fourth-order valence-corrected chi connectivity index (χ4v) is 9.38. The molecule has 324 valence electrons.